The molecule has 1 aromatic carbocycles. The number of thiophene rings is 1. The Hall–Kier alpha value is -0.660. The van der Waals surface area contributed by atoms with Gasteiger partial charge >= 0.3 is 0 Å². The molecule has 18 heavy (non-hydrogen) atoms. The van der Waals surface area contributed by atoms with Crippen LogP contribution < -0.4 is 0 Å². The summed E-state index contributed by atoms with van der Waals surface area (Å²) in [5.74, 6) is 0. The van der Waals surface area contributed by atoms with E-state index in [1.165, 1.54) is 14.7 Å². The summed E-state index contributed by atoms with van der Waals surface area (Å²) >= 11 is 9.46. The number of aryl methyl sites for hydroxylation is 2. The van der Waals surface area contributed by atoms with E-state index >= 15 is 0 Å². The summed E-state index contributed by atoms with van der Waals surface area (Å²) in [6, 6.07) is 8.56. The van der Waals surface area contributed by atoms with Crippen LogP contribution in [0, 0.1) is 8.34 Å². The first-order valence-corrected chi connectivity index (χ1v) is 8.06. The number of halogens is 1. The lowest BCUT2D eigenvalue weighted by atomic mass is 10.2. The fourth-order valence-corrected chi connectivity index (χ4v) is 3.53. The fourth-order valence-electron chi connectivity index (χ4n) is 2.03. The average molecular weight is 386 g/mol. The largest absolute Gasteiger partial charge is 0.331 e. The standard InChI is InChI=1S/C13H11IN2S2/c14-10-1-2-12-11(7-10)15-13(17)16(12)5-3-9-4-6-18-8-9/h1-2,4,6-8H,3,5H2,(H,15,17). The highest BCUT2D eigenvalue weighted by atomic mass is 127. The summed E-state index contributed by atoms with van der Waals surface area (Å²) in [6.45, 7) is 0.927. The Morgan fingerprint density at radius 2 is 2.22 bits per heavy atom. The Kier molecular flexibility index (Phi) is 3.54. The minimum absolute atomic E-state index is 0.808. The molecule has 0 aliphatic rings. The smallest absolute Gasteiger partial charge is 0.178 e. The number of nitrogens with zero attached hydrogens (tertiary/aromatic N) is 1. The van der Waals surface area contributed by atoms with Crippen LogP contribution >= 0.6 is 46.1 Å². The molecule has 0 fully saturated rings. The summed E-state index contributed by atoms with van der Waals surface area (Å²) in [7, 11) is 0. The summed E-state index contributed by atoms with van der Waals surface area (Å²) in [5.41, 5.74) is 3.69. The van der Waals surface area contributed by atoms with Gasteiger partial charge in [-0.05, 0) is 81.8 Å². The van der Waals surface area contributed by atoms with Crippen LogP contribution in [-0.2, 0) is 13.0 Å². The summed E-state index contributed by atoms with van der Waals surface area (Å²) in [4.78, 5) is 3.27. The van der Waals surface area contributed by atoms with E-state index in [9.17, 15) is 0 Å². The van der Waals surface area contributed by atoms with Gasteiger partial charge in [0, 0.05) is 10.1 Å². The highest BCUT2D eigenvalue weighted by Crippen LogP contribution is 2.18. The quantitative estimate of drug-likeness (QED) is 0.515. The van der Waals surface area contributed by atoms with Crippen molar-refractivity contribution in [2.75, 3.05) is 0 Å². The van der Waals surface area contributed by atoms with Crippen LogP contribution in [0.5, 0.6) is 0 Å². The van der Waals surface area contributed by atoms with Gasteiger partial charge in [0.1, 0.15) is 0 Å². The van der Waals surface area contributed by atoms with Gasteiger partial charge in [-0.3, -0.25) is 0 Å². The number of aromatic amines is 1. The Balaban J connectivity index is 1.96. The molecule has 0 spiro atoms. The van der Waals surface area contributed by atoms with Crippen molar-refractivity contribution in [2.24, 2.45) is 0 Å². The minimum Gasteiger partial charge on any atom is -0.331 e. The number of imidazole rings is 1. The molecule has 92 valence electrons. The molecule has 1 N–H and O–H groups in total. The number of hydrogen-bond donors (Lipinski definition) is 1. The summed E-state index contributed by atoms with van der Waals surface area (Å²) < 4.78 is 4.21. The molecule has 0 aliphatic carbocycles. The second-order valence-corrected chi connectivity index (χ2v) is 6.54. The van der Waals surface area contributed by atoms with Crippen LogP contribution in [0.2, 0.25) is 0 Å². The van der Waals surface area contributed by atoms with Crippen LogP contribution in [0.1, 0.15) is 5.56 Å². The fraction of sp³-hybridized carbons (Fsp3) is 0.154. The van der Waals surface area contributed by atoms with Crippen molar-refractivity contribution >= 4 is 57.2 Å². The molecule has 0 unspecified atom stereocenters. The number of hydrogen-bond acceptors (Lipinski definition) is 2. The first-order chi connectivity index (χ1) is 8.74. The van der Waals surface area contributed by atoms with E-state index in [2.05, 4.69) is 67.2 Å². The maximum absolute atomic E-state index is 5.40. The maximum atomic E-state index is 5.40. The molecule has 2 nitrogen and oxygen atoms in total. The molecule has 3 aromatic rings. The molecule has 0 bridgehead atoms. The SMILES string of the molecule is S=c1[nH]c2cc(I)ccc2n1CCc1ccsc1. The number of H-pyrrole nitrogens is 1. The van der Waals surface area contributed by atoms with E-state index in [1.54, 1.807) is 11.3 Å². The number of rotatable bonds is 3. The van der Waals surface area contributed by atoms with Gasteiger partial charge in [-0.1, -0.05) is 0 Å². The highest BCUT2D eigenvalue weighted by Gasteiger charge is 2.05. The second kappa shape index (κ2) is 5.14. The number of aromatic nitrogens is 2. The van der Waals surface area contributed by atoms with Crippen molar-refractivity contribution in [1.29, 1.82) is 0 Å². The van der Waals surface area contributed by atoms with Crippen molar-refractivity contribution < 1.29 is 0 Å². The molecule has 0 amide bonds. The topological polar surface area (TPSA) is 20.7 Å². The van der Waals surface area contributed by atoms with Gasteiger partial charge in [-0.2, -0.15) is 11.3 Å². The van der Waals surface area contributed by atoms with Crippen LogP contribution in [-0.4, -0.2) is 9.55 Å². The molecule has 2 aromatic heterocycles. The van der Waals surface area contributed by atoms with Crippen molar-refractivity contribution in [1.82, 2.24) is 9.55 Å². The predicted molar refractivity (Wildman–Crippen MR) is 87.9 cm³/mol. The molecule has 0 radical (unpaired) electrons. The van der Waals surface area contributed by atoms with Crippen molar-refractivity contribution in [3.05, 3.63) is 48.9 Å². The zero-order valence-corrected chi connectivity index (χ0v) is 13.3. The molecule has 0 atom stereocenters. The minimum atomic E-state index is 0.808. The Labute approximate surface area is 128 Å². The average Bonchev–Trinajstić information content (AvgIpc) is 2.93. The third-order valence-electron chi connectivity index (χ3n) is 2.94. The molecule has 5 heteroatoms. The van der Waals surface area contributed by atoms with Gasteiger partial charge < -0.3 is 9.55 Å². The lowest BCUT2D eigenvalue weighted by Crippen LogP contribution is -2.00. The molecule has 0 saturated carbocycles. The van der Waals surface area contributed by atoms with Gasteiger partial charge in [-0.15, -0.1) is 0 Å². The van der Waals surface area contributed by atoms with Crippen molar-refractivity contribution in [3.63, 3.8) is 0 Å². The Morgan fingerprint density at radius 1 is 1.33 bits per heavy atom. The van der Waals surface area contributed by atoms with Gasteiger partial charge in [0.2, 0.25) is 0 Å². The lowest BCUT2D eigenvalue weighted by molar-refractivity contribution is 0.708. The molecular weight excluding hydrogens is 375 g/mol. The van der Waals surface area contributed by atoms with E-state index in [4.69, 9.17) is 12.2 Å². The predicted octanol–water partition coefficient (Wildman–Crippen LogP) is 4.61. The normalized spacial score (nSPS) is 11.2. The molecule has 2 heterocycles. The number of fused-ring (bicyclic) bond motifs is 1. The van der Waals surface area contributed by atoms with E-state index < -0.39 is 0 Å². The van der Waals surface area contributed by atoms with Gasteiger partial charge in [-0.25, -0.2) is 0 Å². The van der Waals surface area contributed by atoms with E-state index in [-0.39, 0.29) is 0 Å². The number of nitrogens with one attached hydrogen (secondary N) is 1. The van der Waals surface area contributed by atoms with Gasteiger partial charge in [0.05, 0.1) is 11.0 Å². The van der Waals surface area contributed by atoms with E-state index in [1.807, 2.05) is 0 Å². The first kappa shape index (κ1) is 12.4. The zero-order chi connectivity index (χ0) is 12.5. The third kappa shape index (κ3) is 2.39. The van der Waals surface area contributed by atoms with Crippen LogP contribution in [0.25, 0.3) is 11.0 Å². The zero-order valence-electron chi connectivity index (χ0n) is 9.52. The molecule has 0 aliphatic heterocycles. The van der Waals surface area contributed by atoms with E-state index in [0.717, 1.165) is 23.3 Å². The lowest BCUT2D eigenvalue weighted by Gasteiger charge is -2.03. The van der Waals surface area contributed by atoms with E-state index in [0.29, 0.717) is 0 Å². The highest BCUT2D eigenvalue weighted by molar-refractivity contribution is 14.1. The van der Waals surface area contributed by atoms with Crippen molar-refractivity contribution in [2.45, 2.75) is 13.0 Å². The Morgan fingerprint density at radius 3 is 3.00 bits per heavy atom. The third-order valence-corrected chi connectivity index (χ3v) is 4.67. The van der Waals surface area contributed by atoms with Crippen LogP contribution in [0.3, 0.4) is 0 Å². The second-order valence-electron chi connectivity index (χ2n) is 4.12. The van der Waals surface area contributed by atoms with Crippen molar-refractivity contribution in [3.8, 4) is 0 Å². The monoisotopic (exact) mass is 386 g/mol. The molecule has 3 rings (SSSR count). The summed E-state index contributed by atoms with van der Waals surface area (Å²) in [6.07, 6.45) is 1.02. The number of benzene rings is 1. The maximum Gasteiger partial charge on any atom is 0.178 e. The van der Waals surface area contributed by atoms with Crippen LogP contribution in [0.4, 0.5) is 0 Å². The van der Waals surface area contributed by atoms with Crippen LogP contribution in [0.15, 0.2) is 35.0 Å². The molecular formula is C13H11IN2S2. The van der Waals surface area contributed by atoms with Gasteiger partial charge in [0.25, 0.3) is 0 Å². The molecule has 0 saturated heterocycles. The first-order valence-electron chi connectivity index (χ1n) is 5.63. The van der Waals surface area contributed by atoms with Gasteiger partial charge in [0.15, 0.2) is 4.77 Å². The summed E-state index contributed by atoms with van der Waals surface area (Å²) in [5, 5.41) is 4.31. The Bertz CT molecular complexity index is 725.